The number of hydrogen-bond acceptors (Lipinski definition) is 2. The molecule has 8 aliphatic carbocycles. The lowest BCUT2D eigenvalue weighted by molar-refractivity contribution is -0.00538. The highest BCUT2D eigenvalue weighted by Gasteiger charge is 2.53. The van der Waals surface area contributed by atoms with E-state index in [0.29, 0.717) is 10.8 Å². The van der Waals surface area contributed by atoms with Crippen molar-refractivity contribution >= 4 is 0 Å². The third kappa shape index (κ3) is 2.80. The second-order valence-corrected chi connectivity index (χ2v) is 13.4. The first-order valence-electron chi connectivity index (χ1n) is 13.7. The van der Waals surface area contributed by atoms with E-state index in [0.717, 1.165) is 48.6 Å². The fraction of sp³-hybridized carbons (Fsp3) is 0.786. The highest BCUT2D eigenvalue weighted by molar-refractivity contribution is 5.26. The minimum atomic E-state index is 0.463. The van der Waals surface area contributed by atoms with Crippen molar-refractivity contribution in [1.82, 2.24) is 19.6 Å². The molecule has 4 heteroatoms. The Morgan fingerprint density at radius 2 is 0.875 bits per heavy atom. The molecule has 8 aliphatic rings. The van der Waals surface area contributed by atoms with Crippen molar-refractivity contribution in [3.8, 4) is 0 Å². The smallest absolute Gasteiger partial charge is 0.0605 e. The van der Waals surface area contributed by atoms with Crippen LogP contribution >= 0.6 is 0 Å². The minimum Gasteiger partial charge on any atom is -0.271 e. The van der Waals surface area contributed by atoms with Gasteiger partial charge in [-0.1, -0.05) is 0 Å². The van der Waals surface area contributed by atoms with E-state index < -0.39 is 0 Å². The molecule has 0 spiro atoms. The van der Waals surface area contributed by atoms with Crippen molar-refractivity contribution in [3.05, 3.63) is 35.9 Å². The first-order chi connectivity index (χ1) is 15.6. The molecule has 0 unspecified atom stereocenters. The van der Waals surface area contributed by atoms with Gasteiger partial charge in [-0.25, -0.2) is 0 Å². The molecule has 2 aromatic rings. The molecule has 0 aromatic carbocycles. The van der Waals surface area contributed by atoms with Gasteiger partial charge in [0.05, 0.1) is 25.5 Å². The largest absolute Gasteiger partial charge is 0.271 e. The molecule has 0 amide bonds. The molecule has 4 nitrogen and oxygen atoms in total. The predicted octanol–water partition coefficient (Wildman–Crippen LogP) is 5.72. The third-order valence-electron chi connectivity index (χ3n) is 11.1. The Labute approximate surface area is 192 Å². The maximum Gasteiger partial charge on any atom is 0.0605 e. The fourth-order valence-corrected chi connectivity index (χ4v) is 10.7. The molecule has 0 N–H and O–H groups in total. The van der Waals surface area contributed by atoms with Gasteiger partial charge in [0.25, 0.3) is 0 Å². The van der Waals surface area contributed by atoms with Gasteiger partial charge in [-0.3, -0.25) is 9.36 Å². The summed E-state index contributed by atoms with van der Waals surface area (Å²) in [5.41, 5.74) is 4.02. The average molecular weight is 431 g/mol. The summed E-state index contributed by atoms with van der Waals surface area (Å²) in [7, 11) is 0. The zero-order valence-corrected chi connectivity index (χ0v) is 19.5. The first kappa shape index (κ1) is 18.8. The van der Waals surface area contributed by atoms with E-state index in [1.54, 1.807) is 11.1 Å². The Kier molecular flexibility index (Phi) is 3.82. The van der Waals surface area contributed by atoms with E-state index in [9.17, 15) is 0 Å². The summed E-state index contributed by atoms with van der Waals surface area (Å²) in [6.07, 6.45) is 26.9. The van der Waals surface area contributed by atoms with Crippen LogP contribution in [0.2, 0.25) is 0 Å². The third-order valence-corrected chi connectivity index (χ3v) is 11.1. The fourth-order valence-electron chi connectivity index (χ4n) is 10.7. The number of nitrogens with zero attached hydrogens (tertiary/aromatic N) is 4. The zero-order valence-electron chi connectivity index (χ0n) is 19.5. The quantitative estimate of drug-likeness (QED) is 0.608. The molecule has 2 aromatic heterocycles. The maximum atomic E-state index is 4.83. The molecular formula is C28H38N4. The zero-order chi connectivity index (χ0) is 20.9. The Bertz CT molecular complexity index is 875. The molecule has 0 saturated heterocycles. The van der Waals surface area contributed by atoms with Crippen molar-refractivity contribution in [2.24, 2.45) is 35.5 Å². The maximum absolute atomic E-state index is 4.83. The van der Waals surface area contributed by atoms with Crippen LogP contribution in [0.5, 0.6) is 0 Å². The highest BCUT2D eigenvalue weighted by Crippen LogP contribution is 2.61. The molecule has 170 valence electrons. The van der Waals surface area contributed by atoms with Crippen molar-refractivity contribution < 1.29 is 0 Å². The minimum absolute atomic E-state index is 0.463. The first-order valence-corrected chi connectivity index (χ1v) is 13.7. The summed E-state index contributed by atoms with van der Waals surface area (Å²) in [6.45, 7) is 1.88. The van der Waals surface area contributed by atoms with Crippen molar-refractivity contribution in [3.63, 3.8) is 0 Å². The van der Waals surface area contributed by atoms with Gasteiger partial charge >= 0.3 is 0 Å². The molecule has 8 bridgehead atoms. The molecule has 0 radical (unpaired) electrons. The number of aryl methyl sites for hydroxylation is 2. The summed E-state index contributed by atoms with van der Waals surface area (Å²) < 4.78 is 4.42. The van der Waals surface area contributed by atoms with Crippen LogP contribution in [0.15, 0.2) is 24.8 Å². The van der Waals surface area contributed by atoms with Gasteiger partial charge in [0, 0.05) is 12.4 Å². The lowest BCUT2D eigenvalue weighted by atomic mass is 9.48. The van der Waals surface area contributed by atoms with Crippen LogP contribution in [0.4, 0.5) is 0 Å². The van der Waals surface area contributed by atoms with Gasteiger partial charge in [-0.05, 0) is 135 Å². The summed E-state index contributed by atoms with van der Waals surface area (Å²) in [5.74, 6) is 5.98. The number of hydrogen-bond donors (Lipinski definition) is 0. The van der Waals surface area contributed by atoms with Gasteiger partial charge < -0.3 is 0 Å². The molecule has 32 heavy (non-hydrogen) atoms. The summed E-state index contributed by atoms with van der Waals surface area (Å²) >= 11 is 0. The van der Waals surface area contributed by atoms with E-state index >= 15 is 0 Å². The standard InChI is InChI=1S/C28H38N4/c1(31-17-25(15-29-31)27-9-19-3-20(10-27)5-21(4-19)11-27)2-32-18-26(16-30-32)28-12-22-6-23(13-28)8-24(7-22)14-28/h15-24H,1-14H2. The number of rotatable bonds is 5. The highest BCUT2D eigenvalue weighted by atomic mass is 15.3. The van der Waals surface area contributed by atoms with Crippen LogP contribution in [-0.2, 0) is 23.9 Å². The average Bonchev–Trinajstić information content (AvgIpc) is 3.41. The predicted molar refractivity (Wildman–Crippen MR) is 124 cm³/mol. The Morgan fingerprint density at radius 3 is 1.19 bits per heavy atom. The molecule has 0 aliphatic heterocycles. The lowest BCUT2D eigenvalue weighted by Gasteiger charge is -2.56. The van der Waals surface area contributed by atoms with Crippen LogP contribution in [0.25, 0.3) is 0 Å². The summed E-state index contributed by atoms with van der Waals surface area (Å²) in [4.78, 5) is 0. The van der Waals surface area contributed by atoms with Crippen LogP contribution in [0.3, 0.4) is 0 Å². The van der Waals surface area contributed by atoms with E-state index in [1.807, 2.05) is 0 Å². The Balaban J connectivity index is 0.973. The topological polar surface area (TPSA) is 35.6 Å². The lowest BCUT2D eigenvalue weighted by Crippen LogP contribution is -2.48. The molecule has 8 saturated carbocycles. The monoisotopic (exact) mass is 430 g/mol. The molecule has 2 heterocycles. The van der Waals surface area contributed by atoms with Crippen LogP contribution in [-0.4, -0.2) is 19.6 Å². The van der Waals surface area contributed by atoms with E-state index in [-0.39, 0.29) is 0 Å². The summed E-state index contributed by atoms with van der Waals surface area (Å²) in [6, 6.07) is 0. The van der Waals surface area contributed by atoms with Gasteiger partial charge in [0.15, 0.2) is 0 Å². The van der Waals surface area contributed by atoms with Gasteiger partial charge in [0.1, 0.15) is 0 Å². The van der Waals surface area contributed by atoms with Crippen LogP contribution in [0, 0.1) is 35.5 Å². The van der Waals surface area contributed by atoms with E-state index in [1.165, 1.54) is 77.0 Å². The van der Waals surface area contributed by atoms with Crippen LogP contribution in [0.1, 0.15) is 88.2 Å². The van der Waals surface area contributed by atoms with Crippen molar-refractivity contribution in [2.45, 2.75) is 101 Å². The van der Waals surface area contributed by atoms with Gasteiger partial charge in [-0.15, -0.1) is 0 Å². The van der Waals surface area contributed by atoms with E-state index in [4.69, 9.17) is 10.2 Å². The molecule has 10 rings (SSSR count). The second kappa shape index (κ2) is 6.51. The van der Waals surface area contributed by atoms with Crippen molar-refractivity contribution in [2.75, 3.05) is 0 Å². The van der Waals surface area contributed by atoms with Crippen LogP contribution < -0.4 is 0 Å². The molecular weight excluding hydrogens is 392 g/mol. The van der Waals surface area contributed by atoms with Crippen molar-refractivity contribution in [1.29, 1.82) is 0 Å². The van der Waals surface area contributed by atoms with Gasteiger partial charge in [-0.2, -0.15) is 10.2 Å². The molecule has 0 atom stereocenters. The molecule has 8 fully saturated rings. The second-order valence-electron chi connectivity index (χ2n) is 13.4. The summed E-state index contributed by atoms with van der Waals surface area (Å²) in [5, 5.41) is 9.65. The Hall–Kier alpha value is -1.58. The SMILES string of the molecule is c1nn(CCn2cc(C34CC5CC(CC(C5)C3)C4)cn2)cc1C12CC3CC(CC(C3)C1)C2. The Morgan fingerprint density at radius 1 is 0.562 bits per heavy atom. The number of aromatic nitrogens is 4. The normalized spacial score (nSPS) is 45.8. The van der Waals surface area contributed by atoms with E-state index in [2.05, 4.69) is 34.2 Å². The van der Waals surface area contributed by atoms with Gasteiger partial charge in [0.2, 0.25) is 0 Å².